The first-order valence-corrected chi connectivity index (χ1v) is 9.19. The van der Waals surface area contributed by atoms with Crippen molar-refractivity contribution < 1.29 is 20.1 Å². The zero-order chi connectivity index (χ0) is 19.7. The number of fused-ring (bicyclic) bond motifs is 1. The van der Waals surface area contributed by atoms with E-state index in [1.54, 1.807) is 4.57 Å². The third-order valence-electron chi connectivity index (χ3n) is 4.92. The molecule has 0 unspecified atom stereocenters. The Morgan fingerprint density at radius 2 is 1.93 bits per heavy atom. The van der Waals surface area contributed by atoms with E-state index in [1.807, 2.05) is 18.2 Å². The third-order valence-corrected chi connectivity index (χ3v) is 4.92. The summed E-state index contributed by atoms with van der Waals surface area (Å²) in [6.45, 7) is 1.67. The van der Waals surface area contributed by atoms with E-state index in [-0.39, 0.29) is 12.6 Å². The first-order chi connectivity index (χ1) is 13.6. The minimum Gasteiger partial charge on any atom is -0.394 e. The van der Waals surface area contributed by atoms with E-state index in [0.29, 0.717) is 17.0 Å². The van der Waals surface area contributed by atoms with Crippen LogP contribution in [0.1, 0.15) is 18.7 Å². The quantitative estimate of drug-likeness (QED) is 0.483. The maximum atomic E-state index is 10.3. The first-order valence-electron chi connectivity index (χ1n) is 9.19. The van der Waals surface area contributed by atoms with Crippen molar-refractivity contribution in [1.29, 1.82) is 0 Å². The zero-order valence-corrected chi connectivity index (χ0v) is 15.4. The SMILES string of the molecule is C[C@H](Cc1ccccc1)Nc1ncnc2c1ncn2[C@@H]1O[C@H](CO)[C@H](O)[C@H]1O. The van der Waals surface area contributed by atoms with Gasteiger partial charge in [-0.2, -0.15) is 0 Å². The van der Waals surface area contributed by atoms with Crippen molar-refractivity contribution in [2.75, 3.05) is 11.9 Å². The number of ether oxygens (including phenoxy) is 1. The molecular weight excluding hydrogens is 362 g/mol. The van der Waals surface area contributed by atoms with Gasteiger partial charge >= 0.3 is 0 Å². The molecule has 4 rings (SSSR count). The molecule has 5 atom stereocenters. The number of nitrogens with one attached hydrogen (secondary N) is 1. The Morgan fingerprint density at radius 3 is 2.64 bits per heavy atom. The number of aromatic nitrogens is 4. The molecule has 3 heterocycles. The smallest absolute Gasteiger partial charge is 0.167 e. The van der Waals surface area contributed by atoms with Gasteiger partial charge in [0.25, 0.3) is 0 Å². The van der Waals surface area contributed by atoms with Crippen LogP contribution in [0, 0.1) is 0 Å². The van der Waals surface area contributed by atoms with Crippen molar-refractivity contribution in [2.45, 2.75) is 43.9 Å². The summed E-state index contributed by atoms with van der Waals surface area (Å²) in [6, 6.07) is 10.3. The fourth-order valence-electron chi connectivity index (χ4n) is 3.51. The normalized spacial score (nSPS) is 25.9. The number of anilines is 1. The molecule has 9 nitrogen and oxygen atoms in total. The second-order valence-corrected chi connectivity index (χ2v) is 7.01. The molecule has 148 valence electrons. The van der Waals surface area contributed by atoms with Gasteiger partial charge in [-0.05, 0) is 18.9 Å². The van der Waals surface area contributed by atoms with Crippen molar-refractivity contribution in [3.05, 3.63) is 48.5 Å². The summed E-state index contributed by atoms with van der Waals surface area (Å²) in [4.78, 5) is 12.9. The highest BCUT2D eigenvalue weighted by molar-refractivity contribution is 5.82. The van der Waals surface area contributed by atoms with Gasteiger partial charge in [0.05, 0.1) is 12.9 Å². The van der Waals surface area contributed by atoms with Crippen LogP contribution in [0.25, 0.3) is 11.2 Å². The highest BCUT2D eigenvalue weighted by Gasteiger charge is 2.44. The van der Waals surface area contributed by atoms with E-state index in [1.165, 1.54) is 18.2 Å². The summed E-state index contributed by atoms with van der Waals surface area (Å²) in [5.74, 6) is 0.582. The number of nitrogens with zero attached hydrogens (tertiary/aromatic N) is 4. The summed E-state index contributed by atoms with van der Waals surface area (Å²) < 4.78 is 7.13. The lowest BCUT2D eigenvalue weighted by Crippen LogP contribution is -2.33. The fourth-order valence-corrected chi connectivity index (χ4v) is 3.51. The Bertz CT molecular complexity index is 934. The lowest BCUT2D eigenvalue weighted by Gasteiger charge is -2.17. The molecule has 0 spiro atoms. The molecule has 2 aromatic heterocycles. The molecule has 9 heteroatoms. The van der Waals surface area contributed by atoms with Gasteiger partial charge in [0.15, 0.2) is 23.2 Å². The number of aliphatic hydroxyl groups excluding tert-OH is 3. The van der Waals surface area contributed by atoms with Crippen molar-refractivity contribution in [3.63, 3.8) is 0 Å². The number of hydrogen-bond donors (Lipinski definition) is 4. The molecule has 0 radical (unpaired) electrons. The molecule has 0 saturated carbocycles. The number of benzene rings is 1. The van der Waals surface area contributed by atoms with Gasteiger partial charge in [0, 0.05) is 6.04 Å². The second-order valence-electron chi connectivity index (χ2n) is 7.01. The average Bonchev–Trinajstić information content (AvgIpc) is 3.25. The van der Waals surface area contributed by atoms with Crippen LogP contribution in [0.2, 0.25) is 0 Å². The Labute approximate surface area is 161 Å². The summed E-state index contributed by atoms with van der Waals surface area (Å²) in [7, 11) is 0. The Balaban J connectivity index is 1.57. The van der Waals surface area contributed by atoms with Crippen LogP contribution >= 0.6 is 0 Å². The van der Waals surface area contributed by atoms with E-state index in [0.717, 1.165) is 6.42 Å². The largest absolute Gasteiger partial charge is 0.394 e. The van der Waals surface area contributed by atoms with Gasteiger partial charge in [0.1, 0.15) is 24.6 Å². The van der Waals surface area contributed by atoms with Gasteiger partial charge in [-0.15, -0.1) is 0 Å². The highest BCUT2D eigenvalue weighted by Crippen LogP contribution is 2.32. The van der Waals surface area contributed by atoms with Crippen molar-refractivity contribution in [3.8, 4) is 0 Å². The van der Waals surface area contributed by atoms with Gasteiger partial charge in [-0.1, -0.05) is 30.3 Å². The van der Waals surface area contributed by atoms with Crippen molar-refractivity contribution >= 4 is 17.0 Å². The van der Waals surface area contributed by atoms with E-state index in [4.69, 9.17) is 4.74 Å². The predicted octanol–water partition coefficient (Wildman–Crippen LogP) is 0.481. The summed E-state index contributed by atoms with van der Waals surface area (Å²) in [5, 5.41) is 32.9. The standard InChI is InChI=1S/C19H23N5O4/c1-11(7-12-5-3-2-4-6-12)23-17-14-18(21-9-20-17)24(10-22-14)19-16(27)15(26)13(8-25)28-19/h2-6,9-11,13,15-16,19,25-27H,7-8H2,1H3,(H,20,21,23)/t11-,13-,15+,16-,19-/m1/s1. The minimum absolute atomic E-state index is 0.111. The summed E-state index contributed by atoms with van der Waals surface area (Å²) in [5.41, 5.74) is 2.23. The van der Waals surface area contributed by atoms with Crippen molar-refractivity contribution in [2.24, 2.45) is 0 Å². The molecule has 3 aromatic rings. The molecule has 1 fully saturated rings. The van der Waals surface area contributed by atoms with Crippen LogP contribution in [0.5, 0.6) is 0 Å². The average molecular weight is 385 g/mol. The molecule has 28 heavy (non-hydrogen) atoms. The molecule has 0 amide bonds. The number of hydrogen-bond acceptors (Lipinski definition) is 8. The summed E-state index contributed by atoms with van der Waals surface area (Å²) >= 11 is 0. The van der Waals surface area contributed by atoms with E-state index in [9.17, 15) is 15.3 Å². The van der Waals surface area contributed by atoms with Crippen molar-refractivity contribution in [1.82, 2.24) is 19.5 Å². The Kier molecular flexibility index (Phi) is 5.23. The minimum atomic E-state index is -1.20. The van der Waals surface area contributed by atoms with Crippen LogP contribution in [0.4, 0.5) is 5.82 Å². The van der Waals surface area contributed by atoms with Crippen LogP contribution < -0.4 is 5.32 Å². The zero-order valence-electron chi connectivity index (χ0n) is 15.4. The Hall–Kier alpha value is -2.59. The molecule has 1 aliphatic heterocycles. The van der Waals surface area contributed by atoms with Crippen LogP contribution in [-0.2, 0) is 11.2 Å². The maximum Gasteiger partial charge on any atom is 0.167 e. The van der Waals surface area contributed by atoms with Crippen LogP contribution in [-0.4, -0.2) is 65.8 Å². The molecule has 0 aliphatic carbocycles. The third kappa shape index (κ3) is 3.45. The van der Waals surface area contributed by atoms with E-state index >= 15 is 0 Å². The van der Waals surface area contributed by atoms with Gasteiger partial charge in [-0.25, -0.2) is 15.0 Å². The van der Waals surface area contributed by atoms with Crippen LogP contribution in [0.15, 0.2) is 43.0 Å². The van der Waals surface area contributed by atoms with Crippen LogP contribution in [0.3, 0.4) is 0 Å². The molecule has 0 bridgehead atoms. The first kappa shape index (κ1) is 18.8. The molecule has 4 N–H and O–H groups in total. The number of aliphatic hydroxyl groups is 3. The topological polar surface area (TPSA) is 126 Å². The lowest BCUT2D eigenvalue weighted by molar-refractivity contribution is -0.0511. The van der Waals surface area contributed by atoms with E-state index < -0.39 is 24.5 Å². The second kappa shape index (κ2) is 7.80. The molecule has 1 aliphatic rings. The molecular formula is C19H23N5O4. The monoisotopic (exact) mass is 385 g/mol. The van der Waals surface area contributed by atoms with E-state index in [2.05, 4.69) is 39.3 Å². The van der Waals surface area contributed by atoms with Gasteiger partial charge in [0.2, 0.25) is 0 Å². The number of rotatable bonds is 6. The summed E-state index contributed by atoms with van der Waals surface area (Å²) in [6.07, 6.45) is -0.395. The maximum absolute atomic E-state index is 10.3. The Morgan fingerprint density at radius 1 is 1.14 bits per heavy atom. The fraction of sp³-hybridized carbons (Fsp3) is 0.421. The number of imidazole rings is 1. The molecule has 1 aromatic carbocycles. The molecule has 1 saturated heterocycles. The highest BCUT2D eigenvalue weighted by atomic mass is 16.6. The van der Waals surface area contributed by atoms with Gasteiger partial charge < -0.3 is 25.4 Å². The van der Waals surface area contributed by atoms with Gasteiger partial charge in [-0.3, -0.25) is 4.57 Å². The lowest BCUT2D eigenvalue weighted by atomic mass is 10.1. The predicted molar refractivity (Wildman–Crippen MR) is 102 cm³/mol.